The summed E-state index contributed by atoms with van der Waals surface area (Å²) < 4.78 is 5.47. The molecule has 1 aromatic carbocycles. The van der Waals surface area contributed by atoms with Crippen LogP contribution < -0.4 is 4.74 Å². The van der Waals surface area contributed by atoms with Crippen molar-refractivity contribution in [2.24, 2.45) is 0 Å². The van der Waals surface area contributed by atoms with E-state index in [9.17, 15) is 5.11 Å². The molecule has 104 valence electrons. The van der Waals surface area contributed by atoms with Crippen molar-refractivity contribution in [1.82, 2.24) is 0 Å². The van der Waals surface area contributed by atoms with E-state index in [0.29, 0.717) is 17.2 Å². The third-order valence-electron chi connectivity index (χ3n) is 4.08. The van der Waals surface area contributed by atoms with Crippen molar-refractivity contribution in [1.29, 1.82) is 0 Å². The van der Waals surface area contributed by atoms with Gasteiger partial charge < -0.3 is 9.84 Å². The Bertz CT molecular complexity index is 529. The smallest absolute Gasteiger partial charge is 0.289 e. The Labute approximate surface area is 120 Å². The molecule has 0 heterocycles. The number of benzene rings is 1. The summed E-state index contributed by atoms with van der Waals surface area (Å²) in [7, 11) is 0. The molecule has 2 aliphatic carbocycles. The lowest BCUT2D eigenvalue weighted by molar-refractivity contribution is 0.206. The fourth-order valence-corrected chi connectivity index (χ4v) is 2.93. The summed E-state index contributed by atoms with van der Waals surface area (Å²) in [6.07, 6.45) is 14.1. The lowest BCUT2D eigenvalue weighted by atomic mass is 9.84. The maximum absolute atomic E-state index is 9.88. The molecule has 2 nitrogen and oxygen atoms in total. The van der Waals surface area contributed by atoms with Gasteiger partial charge >= 0.3 is 0 Å². The van der Waals surface area contributed by atoms with Crippen LogP contribution in [0.25, 0.3) is 0 Å². The third kappa shape index (κ3) is 2.96. The molecule has 0 bridgehead atoms. The number of hydrogen-bond acceptors (Lipinski definition) is 2. The van der Waals surface area contributed by atoms with E-state index in [-0.39, 0.29) is 5.95 Å². The van der Waals surface area contributed by atoms with Crippen molar-refractivity contribution in [3.05, 3.63) is 65.7 Å². The average molecular weight is 268 g/mol. The van der Waals surface area contributed by atoms with Crippen LogP contribution in [0, 0.1) is 0 Å². The van der Waals surface area contributed by atoms with Crippen molar-refractivity contribution >= 4 is 0 Å². The first-order valence-electron chi connectivity index (χ1n) is 7.39. The number of allylic oxidation sites excluding steroid dienone is 5. The van der Waals surface area contributed by atoms with Gasteiger partial charge in [0, 0.05) is 0 Å². The molecule has 0 saturated heterocycles. The summed E-state index contributed by atoms with van der Waals surface area (Å²) in [5, 5.41) is 9.88. The van der Waals surface area contributed by atoms with Crippen LogP contribution in [0.1, 0.15) is 43.6 Å². The van der Waals surface area contributed by atoms with Crippen LogP contribution >= 0.6 is 0 Å². The Morgan fingerprint density at radius 2 is 1.60 bits per heavy atom. The van der Waals surface area contributed by atoms with Crippen LogP contribution in [0.2, 0.25) is 0 Å². The highest BCUT2D eigenvalue weighted by Gasteiger charge is 2.15. The van der Waals surface area contributed by atoms with Crippen LogP contribution in [-0.4, -0.2) is 5.11 Å². The molecule has 0 unspecified atom stereocenters. The second-order valence-corrected chi connectivity index (χ2v) is 5.48. The van der Waals surface area contributed by atoms with Crippen molar-refractivity contribution in [2.45, 2.75) is 38.0 Å². The minimum absolute atomic E-state index is 0.0413. The molecule has 0 aliphatic heterocycles. The van der Waals surface area contributed by atoms with Gasteiger partial charge in [0.2, 0.25) is 0 Å². The summed E-state index contributed by atoms with van der Waals surface area (Å²) in [6, 6.07) is 8.15. The van der Waals surface area contributed by atoms with Gasteiger partial charge in [0.1, 0.15) is 5.75 Å². The summed E-state index contributed by atoms with van der Waals surface area (Å²) in [5.41, 5.74) is 2.10. The Morgan fingerprint density at radius 1 is 0.950 bits per heavy atom. The average Bonchev–Trinajstić information content (AvgIpc) is 3.03. The summed E-state index contributed by atoms with van der Waals surface area (Å²) in [6.45, 7) is 0. The van der Waals surface area contributed by atoms with Gasteiger partial charge in [-0.15, -0.1) is 0 Å². The molecular weight excluding hydrogens is 248 g/mol. The highest BCUT2D eigenvalue weighted by atomic mass is 16.6. The molecule has 3 rings (SSSR count). The van der Waals surface area contributed by atoms with Gasteiger partial charge in [-0.05, 0) is 48.6 Å². The topological polar surface area (TPSA) is 29.5 Å². The second kappa shape index (κ2) is 6.00. The SMILES string of the molecule is OC(Oc1ccc(C2CCCCC2)cc1)=C1C=CC=C1. The molecule has 1 aromatic rings. The van der Waals surface area contributed by atoms with E-state index in [1.807, 2.05) is 36.4 Å². The largest absolute Gasteiger partial charge is 0.480 e. The molecule has 0 aromatic heterocycles. The number of aliphatic hydroxyl groups excluding tert-OH is 1. The van der Waals surface area contributed by atoms with Gasteiger partial charge in [0.25, 0.3) is 5.95 Å². The van der Waals surface area contributed by atoms with Crippen molar-refractivity contribution in [2.75, 3.05) is 0 Å². The molecule has 0 radical (unpaired) electrons. The standard InChI is InChI=1S/C18H20O2/c19-18(16-8-4-5-9-16)20-17-12-10-15(11-13-17)14-6-2-1-3-7-14/h4-5,8-14,19H,1-3,6-7H2. The molecule has 2 heteroatoms. The first-order chi connectivity index (χ1) is 9.83. The zero-order chi connectivity index (χ0) is 13.8. The quantitative estimate of drug-likeness (QED) is 0.781. The number of ether oxygens (including phenoxy) is 1. The van der Waals surface area contributed by atoms with Crippen LogP contribution in [0.15, 0.2) is 60.1 Å². The predicted octanol–water partition coefficient (Wildman–Crippen LogP) is 5.01. The number of rotatable bonds is 3. The highest BCUT2D eigenvalue weighted by Crippen LogP contribution is 2.33. The van der Waals surface area contributed by atoms with Crippen LogP contribution in [-0.2, 0) is 0 Å². The maximum atomic E-state index is 9.88. The van der Waals surface area contributed by atoms with Crippen LogP contribution in [0.5, 0.6) is 5.75 Å². The second-order valence-electron chi connectivity index (χ2n) is 5.48. The molecule has 2 aliphatic rings. The first kappa shape index (κ1) is 13.0. The van der Waals surface area contributed by atoms with Gasteiger partial charge in [-0.1, -0.05) is 43.5 Å². The van der Waals surface area contributed by atoms with Gasteiger partial charge in [-0.2, -0.15) is 0 Å². The molecule has 1 N–H and O–H groups in total. The Kier molecular flexibility index (Phi) is 3.91. The van der Waals surface area contributed by atoms with Gasteiger partial charge in [-0.3, -0.25) is 0 Å². The fourth-order valence-electron chi connectivity index (χ4n) is 2.93. The highest BCUT2D eigenvalue weighted by molar-refractivity contribution is 5.41. The van der Waals surface area contributed by atoms with Crippen LogP contribution in [0.3, 0.4) is 0 Å². The molecule has 1 fully saturated rings. The van der Waals surface area contributed by atoms with E-state index in [2.05, 4.69) is 12.1 Å². The number of aliphatic hydroxyl groups is 1. The Morgan fingerprint density at radius 3 is 2.25 bits per heavy atom. The van der Waals surface area contributed by atoms with E-state index < -0.39 is 0 Å². The van der Waals surface area contributed by atoms with Gasteiger partial charge in [0.15, 0.2) is 0 Å². The van der Waals surface area contributed by atoms with E-state index in [1.54, 1.807) is 0 Å². The molecule has 1 saturated carbocycles. The molecule has 0 spiro atoms. The predicted molar refractivity (Wildman–Crippen MR) is 80.8 cm³/mol. The fraction of sp³-hybridized carbons (Fsp3) is 0.333. The minimum atomic E-state index is -0.0413. The zero-order valence-corrected chi connectivity index (χ0v) is 11.6. The van der Waals surface area contributed by atoms with E-state index in [1.165, 1.54) is 37.7 Å². The van der Waals surface area contributed by atoms with E-state index in [4.69, 9.17) is 4.74 Å². The summed E-state index contributed by atoms with van der Waals surface area (Å²) >= 11 is 0. The van der Waals surface area contributed by atoms with Crippen molar-refractivity contribution < 1.29 is 9.84 Å². The molecule has 20 heavy (non-hydrogen) atoms. The summed E-state index contributed by atoms with van der Waals surface area (Å²) in [4.78, 5) is 0. The van der Waals surface area contributed by atoms with E-state index >= 15 is 0 Å². The molecule has 0 atom stereocenters. The van der Waals surface area contributed by atoms with Crippen molar-refractivity contribution in [3.63, 3.8) is 0 Å². The maximum Gasteiger partial charge on any atom is 0.289 e. The van der Waals surface area contributed by atoms with Crippen LogP contribution in [0.4, 0.5) is 0 Å². The monoisotopic (exact) mass is 268 g/mol. The lowest BCUT2D eigenvalue weighted by Crippen LogP contribution is -2.04. The van der Waals surface area contributed by atoms with Crippen molar-refractivity contribution in [3.8, 4) is 5.75 Å². The van der Waals surface area contributed by atoms with Gasteiger partial charge in [-0.25, -0.2) is 0 Å². The van der Waals surface area contributed by atoms with E-state index in [0.717, 1.165) is 0 Å². The Hall–Kier alpha value is -1.96. The minimum Gasteiger partial charge on any atom is -0.480 e. The molecule has 0 amide bonds. The summed E-state index contributed by atoms with van der Waals surface area (Å²) in [5.74, 6) is 1.34. The molecular formula is C18H20O2. The Balaban J connectivity index is 1.68. The zero-order valence-electron chi connectivity index (χ0n) is 11.6. The number of hydrogen-bond donors (Lipinski definition) is 1. The third-order valence-corrected chi connectivity index (χ3v) is 4.08. The van der Waals surface area contributed by atoms with Gasteiger partial charge in [0.05, 0.1) is 5.57 Å². The lowest BCUT2D eigenvalue weighted by Gasteiger charge is -2.22. The first-order valence-corrected chi connectivity index (χ1v) is 7.39. The normalized spacial score (nSPS) is 18.5.